The normalized spacial score (nSPS) is 13.3. The summed E-state index contributed by atoms with van der Waals surface area (Å²) in [5.41, 5.74) is 2.31. The zero-order valence-electron chi connectivity index (χ0n) is 19.8. The fourth-order valence-corrected chi connectivity index (χ4v) is 4.00. The topological polar surface area (TPSA) is 78.9 Å². The average Bonchev–Trinajstić information content (AvgIpc) is 2.93. The maximum atomic E-state index is 13.0. The van der Waals surface area contributed by atoms with E-state index in [0.717, 1.165) is 22.8 Å². The highest BCUT2D eigenvalue weighted by molar-refractivity contribution is 5.96. The Kier molecular flexibility index (Phi) is 7.72. The number of ether oxygens (including phenoxy) is 1. The monoisotopic (exact) mass is 471 g/mol. The number of methoxy groups -OCH3 is 1. The van der Waals surface area contributed by atoms with Crippen LogP contribution in [0.3, 0.4) is 0 Å². The van der Waals surface area contributed by atoms with Crippen LogP contribution in [0.25, 0.3) is 11.3 Å². The molecule has 2 aromatic carbocycles. The van der Waals surface area contributed by atoms with Crippen molar-refractivity contribution >= 4 is 17.6 Å². The van der Waals surface area contributed by atoms with Gasteiger partial charge in [-0.3, -0.25) is 9.59 Å². The molecule has 0 saturated carbocycles. The number of piperazine rings is 1. The van der Waals surface area contributed by atoms with Crippen molar-refractivity contribution in [3.05, 3.63) is 84.9 Å². The fourth-order valence-electron chi connectivity index (χ4n) is 4.00. The SMILES string of the molecule is C=CCN(CC(=O)N1CCN(c2ccc(-c3ccc(OC)cc3)nn2)CC1)C(=O)c1ccccc1. The van der Waals surface area contributed by atoms with E-state index >= 15 is 0 Å². The first-order valence-corrected chi connectivity index (χ1v) is 11.5. The molecular formula is C27H29N5O3. The van der Waals surface area contributed by atoms with Crippen molar-refractivity contribution in [2.75, 3.05) is 51.3 Å². The summed E-state index contributed by atoms with van der Waals surface area (Å²) in [6, 6.07) is 20.6. The van der Waals surface area contributed by atoms with Gasteiger partial charge in [-0.1, -0.05) is 24.3 Å². The van der Waals surface area contributed by atoms with Crippen LogP contribution in [0.2, 0.25) is 0 Å². The van der Waals surface area contributed by atoms with E-state index in [1.54, 1.807) is 30.2 Å². The Morgan fingerprint density at radius 3 is 2.29 bits per heavy atom. The number of carbonyl (C=O) groups excluding carboxylic acids is 2. The predicted octanol–water partition coefficient (Wildman–Crippen LogP) is 3.13. The van der Waals surface area contributed by atoms with E-state index in [4.69, 9.17) is 4.74 Å². The smallest absolute Gasteiger partial charge is 0.254 e. The van der Waals surface area contributed by atoms with E-state index in [-0.39, 0.29) is 18.4 Å². The number of rotatable bonds is 8. The van der Waals surface area contributed by atoms with Crippen LogP contribution in [0, 0.1) is 0 Å². The van der Waals surface area contributed by atoms with Crippen LogP contribution in [0.5, 0.6) is 5.75 Å². The van der Waals surface area contributed by atoms with Crippen LogP contribution in [0.4, 0.5) is 5.82 Å². The quantitative estimate of drug-likeness (QED) is 0.470. The molecule has 8 nitrogen and oxygen atoms in total. The molecule has 0 atom stereocenters. The van der Waals surface area contributed by atoms with Crippen molar-refractivity contribution in [3.63, 3.8) is 0 Å². The van der Waals surface area contributed by atoms with E-state index in [0.29, 0.717) is 38.3 Å². The molecule has 0 unspecified atom stereocenters. The molecule has 0 aliphatic carbocycles. The lowest BCUT2D eigenvalue weighted by Gasteiger charge is -2.36. The van der Waals surface area contributed by atoms with Crippen molar-refractivity contribution in [3.8, 4) is 17.0 Å². The highest BCUT2D eigenvalue weighted by Gasteiger charge is 2.25. The third kappa shape index (κ3) is 5.84. The Balaban J connectivity index is 1.33. The molecule has 4 rings (SSSR count). The molecule has 0 bridgehead atoms. The van der Waals surface area contributed by atoms with E-state index in [1.165, 1.54) is 4.90 Å². The van der Waals surface area contributed by atoms with Gasteiger partial charge in [0.2, 0.25) is 5.91 Å². The lowest BCUT2D eigenvalue weighted by Crippen LogP contribution is -2.52. The molecule has 180 valence electrons. The van der Waals surface area contributed by atoms with Gasteiger partial charge < -0.3 is 19.4 Å². The van der Waals surface area contributed by atoms with Crippen LogP contribution in [0.1, 0.15) is 10.4 Å². The summed E-state index contributed by atoms with van der Waals surface area (Å²) in [5, 5.41) is 8.77. The molecule has 2 amide bonds. The Labute approximate surface area is 205 Å². The average molecular weight is 472 g/mol. The molecular weight excluding hydrogens is 442 g/mol. The molecule has 1 aromatic heterocycles. The van der Waals surface area contributed by atoms with Gasteiger partial charge in [0.1, 0.15) is 12.3 Å². The summed E-state index contributed by atoms with van der Waals surface area (Å²) in [7, 11) is 1.64. The van der Waals surface area contributed by atoms with Crippen molar-refractivity contribution in [2.45, 2.75) is 0 Å². The number of amides is 2. The number of aromatic nitrogens is 2. The second kappa shape index (κ2) is 11.3. The molecule has 1 fully saturated rings. The standard InChI is InChI=1S/C27H29N5O3/c1-3-15-32(27(34)22-7-5-4-6-8-22)20-26(33)31-18-16-30(17-19-31)25-14-13-24(28-29-25)21-9-11-23(35-2)12-10-21/h3-14H,1,15-20H2,2H3. The zero-order valence-corrected chi connectivity index (χ0v) is 19.8. The summed E-state index contributed by atoms with van der Waals surface area (Å²) in [5.74, 6) is 1.33. The lowest BCUT2D eigenvalue weighted by molar-refractivity contribution is -0.132. The highest BCUT2D eigenvalue weighted by atomic mass is 16.5. The number of nitrogens with zero attached hydrogens (tertiary/aromatic N) is 5. The van der Waals surface area contributed by atoms with Crippen LogP contribution >= 0.6 is 0 Å². The first-order chi connectivity index (χ1) is 17.1. The Bertz CT molecular complexity index is 1140. The van der Waals surface area contributed by atoms with Crippen LogP contribution in [-0.2, 0) is 4.79 Å². The Morgan fingerprint density at radius 2 is 1.69 bits per heavy atom. The predicted molar refractivity (Wildman–Crippen MR) is 135 cm³/mol. The van der Waals surface area contributed by atoms with Gasteiger partial charge in [0, 0.05) is 43.9 Å². The number of hydrogen-bond acceptors (Lipinski definition) is 6. The van der Waals surface area contributed by atoms with Gasteiger partial charge in [0.15, 0.2) is 5.82 Å². The second-order valence-electron chi connectivity index (χ2n) is 8.21. The van der Waals surface area contributed by atoms with E-state index in [2.05, 4.69) is 21.7 Å². The molecule has 1 saturated heterocycles. The van der Waals surface area contributed by atoms with E-state index in [1.807, 2.05) is 54.6 Å². The molecule has 3 aromatic rings. The van der Waals surface area contributed by atoms with E-state index in [9.17, 15) is 9.59 Å². The van der Waals surface area contributed by atoms with Gasteiger partial charge in [-0.2, -0.15) is 0 Å². The molecule has 2 heterocycles. The zero-order chi connectivity index (χ0) is 24.6. The van der Waals surface area contributed by atoms with Gasteiger partial charge in [-0.15, -0.1) is 16.8 Å². The second-order valence-corrected chi connectivity index (χ2v) is 8.21. The third-order valence-electron chi connectivity index (χ3n) is 5.98. The van der Waals surface area contributed by atoms with Crippen molar-refractivity contribution in [1.82, 2.24) is 20.0 Å². The van der Waals surface area contributed by atoms with Crippen molar-refractivity contribution in [1.29, 1.82) is 0 Å². The lowest BCUT2D eigenvalue weighted by atomic mass is 10.1. The molecule has 0 N–H and O–H groups in total. The van der Waals surface area contributed by atoms with E-state index < -0.39 is 0 Å². The fraction of sp³-hybridized carbons (Fsp3) is 0.259. The maximum absolute atomic E-state index is 13.0. The first kappa shape index (κ1) is 23.9. The van der Waals surface area contributed by atoms with Crippen molar-refractivity contribution in [2.24, 2.45) is 0 Å². The summed E-state index contributed by atoms with van der Waals surface area (Å²) in [6.07, 6.45) is 1.64. The van der Waals surface area contributed by atoms with Gasteiger partial charge >= 0.3 is 0 Å². The van der Waals surface area contributed by atoms with Crippen molar-refractivity contribution < 1.29 is 14.3 Å². The Hall–Kier alpha value is -4.20. The number of carbonyl (C=O) groups is 2. The molecule has 0 radical (unpaired) electrons. The summed E-state index contributed by atoms with van der Waals surface area (Å²) in [4.78, 5) is 31.2. The highest BCUT2D eigenvalue weighted by Crippen LogP contribution is 2.22. The molecule has 1 aliphatic rings. The van der Waals surface area contributed by atoms with Crippen LogP contribution in [0.15, 0.2) is 79.4 Å². The third-order valence-corrected chi connectivity index (χ3v) is 5.98. The first-order valence-electron chi connectivity index (χ1n) is 11.5. The van der Waals surface area contributed by atoms with Gasteiger partial charge in [-0.05, 0) is 48.5 Å². The Morgan fingerprint density at radius 1 is 0.971 bits per heavy atom. The number of benzene rings is 2. The largest absolute Gasteiger partial charge is 0.497 e. The molecule has 35 heavy (non-hydrogen) atoms. The number of hydrogen-bond donors (Lipinski definition) is 0. The van der Waals surface area contributed by atoms with Gasteiger partial charge in [0.05, 0.1) is 12.8 Å². The van der Waals surface area contributed by atoms with Crippen LogP contribution in [-0.4, -0.2) is 78.2 Å². The van der Waals surface area contributed by atoms with Gasteiger partial charge in [-0.25, -0.2) is 0 Å². The molecule has 8 heteroatoms. The summed E-state index contributed by atoms with van der Waals surface area (Å²) in [6.45, 7) is 6.48. The number of anilines is 1. The van der Waals surface area contributed by atoms with Gasteiger partial charge in [0.25, 0.3) is 5.91 Å². The van der Waals surface area contributed by atoms with Crippen LogP contribution < -0.4 is 9.64 Å². The molecule has 1 aliphatic heterocycles. The molecule has 0 spiro atoms. The minimum atomic E-state index is -0.176. The minimum absolute atomic E-state index is 0.0239. The summed E-state index contributed by atoms with van der Waals surface area (Å²) < 4.78 is 5.20. The summed E-state index contributed by atoms with van der Waals surface area (Å²) >= 11 is 0. The minimum Gasteiger partial charge on any atom is -0.497 e. The maximum Gasteiger partial charge on any atom is 0.254 e.